The molecule has 1 heterocycles. The number of amidine groups is 1. The lowest BCUT2D eigenvalue weighted by Crippen LogP contribution is -2.65. The zero-order valence-electron chi connectivity index (χ0n) is 75.2. The van der Waals surface area contributed by atoms with Gasteiger partial charge in [0.1, 0.15) is 5.84 Å². The van der Waals surface area contributed by atoms with E-state index in [2.05, 4.69) is 129 Å². The van der Waals surface area contributed by atoms with Gasteiger partial charge in [-0.25, -0.2) is 19.3 Å². The second-order valence-electron chi connectivity index (χ2n) is 45.7. The highest BCUT2D eigenvalue weighted by molar-refractivity contribution is 6.64. The molecule has 0 radical (unpaired) electrons. The van der Waals surface area contributed by atoms with Gasteiger partial charge in [-0.15, -0.1) is 0 Å². The Kier molecular flexibility index (Phi) is 19.9. The molecule has 0 aromatic carbocycles. The van der Waals surface area contributed by atoms with Gasteiger partial charge in [-0.2, -0.15) is 4.98 Å². The lowest BCUT2D eigenvalue weighted by atomic mass is 9.34. The highest BCUT2D eigenvalue weighted by Crippen LogP contribution is 2.80. The second kappa shape index (κ2) is 27.0. The van der Waals surface area contributed by atoms with Crippen LogP contribution in [0.1, 0.15) is 308 Å². The lowest BCUT2D eigenvalue weighted by Gasteiger charge is -2.69. The molecule has 18 heteroatoms. The maximum Gasteiger partial charge on any atom is 0.341 e. The van der Waals surface area contributed by atoms with Crippen molar-refractivity contribution in [3.05, 3.63) is 116 Å². The highest BCUT2D eigenvalue weighted by Gasteiger charge is 2.76. The van der Waals surface area contributed by atoms with Crippen LogP contribution >= 0.6 is 11.6 Å². The number of ketones is 6. The molecule has 1 aromatic rings. The van der Waals surface area contributed by atoms with E-state index in [9.17, 15) is 38.4 Å². The summed E-state index contributed by atoms with van der Waals surface area (Å²) in [5.74, 6) is 0.689. The number of fused-ring (bicyclic) bond motifs is 21. The molecule has 0 saturated heterocycles. The molecule has 17 nitrogen and oxygen atoms in total. The van der Waals surface area contributed by atoms with Crippen molar-refractivity contribution >= 4 is 63.3 Å². The topological polar surface area (TPSA) is 236 Å². The first-order valence-electron chi connectivity index (χ1n) is 44.2. The van der Waals surface area contributed by atoms with Crippen molar-refractivity contribution in [2.45, 2.75) is 307 Å². The van der Waals surface area contributed by atoms with Gasteiger partial charge in [-0.3, -0.25) is 19.2 Å². The molecule has 116 heavy (non-hydrogen) atoms. The number of nitrogens with two attached hydrogens (primary N) is 1. The number of carbonyl (C=O) groups excluding carboxylic acids is 8. The van der Waals surface area contributed by atoms with Crippen LogP contribution in [0.15, 0.2) is 79.9 Å². The monoisotopic (exact) mass is 1600 g/mol. The largest absolute Gasteiger partial charge is 0.385 e. The molecule has 0 unspecified atom stereocenters. The van der Waals surface area contributed by atoms with Gasteiger partial charge in [-0.1, -0.05) is 198 Å². The van der Waals surface area contributed by atoms with Crippen LogP contribution in [-0.4, -0.2) is 61.9 Å². The van der Waals surface area contributed by atoms with Crippen LogP contribution in [0.4, 0.5) is 0 Å². The number of halogens is 1. The van der Waals surface area contributed by atoms with Crippen LogP contribution in [0.25, 0.3) is 14.5 Å². The predicted molar refractivity (Wildman–Crippen MR) is 449 cm³/mol. The molecule has 15 aliphatic rings. The molecule has 21 atom stereocenters. The number of aromatic nitrogens is 2. The van der Waals surface area contributed by atoms with Crippen molar-refractivity contribution in [1.29, 1.82) is 0 Å². The average Bonchev–Trinajstić information content (AvgIpc) is 1.67. The quantitative estimate of drug-likeness (QED) is 0.0738. The smallest absolute Gasteiger partial charge is 0.341 e. The van der Waals surface area contributed by atoms with Gasteiger partial charge >= 0.3 is 5.97 Å². The van der Waals surface area contributed by atoms with Crippen LogP contribution in [0, 0.1) is 172 Å². The minimum Gasteiger partial charge on any atom is -0.385 e. The van der Waals surface area contributed by atoms with Gasteiger partial charge in [0.15, 0.2) is 40.5 Å². The standard InChI is InChI=1S/C33H45N3O4.C33H43N3O3.C31H40ClNO3.CH4/c1-19(34)36-40-27(39)33-14-12-28(2,3)17-20(33)25-22(37)16-24-30(6)18-21(35-9)26(38)29(4,5)23(30)10-11-31(24,7)32(25,8)13-15-33;1-19-35-27(39-36-19)33-14-12-28(2,3)17-20(33)25-22(37)16-24-30(6)18-21(34-9)26(38)29(4,5)23(30)10-11-31(24,7)32(25,8)13-15-33;1-26(2)11-13-31(25(32)36)14-12-30(7)23(18(31)16-26)20(34)15-22-28(5)17-19(33-8)24(35)27(3,4)21(28)9-10-29(22,30)6;/h16,18,20,23,25H,10-15,17H2,1-8H3,(H2,34,36);16,18,20,23,25H,10-15,17H2,1-8H3;15,17-18,21,23H,9-14,16H2,1-7H3;1H4/t2*20-,23-,25-,30-,31+,32+,33-;18-,21-,23-,28-,29+,30+,31-;/m000./s1/i;;;1T. The van der Waals surface area contributed by atoms with Crippen molar-refractivity contribution in [1.82, 2.24) is 10.1 Å². The number of oxime groups is 1. The SMILES string of the molecule is [3H]C.[C-]#[N+]C1=C[C@]2(C)C3=CC(=O)[C@@H]4[C@@H]5CC(C)(C)CC[C@]5(C(=O)Cl)CC[C@@]4(C)[C@]3(C)CC[C@H]2C(C)(C)C1=O.[C-]#[N+]C1=C[C@]2(C)C3=CC(=O)[C@@H]4[C@@H]5CC(C)(C)CC[C@]5(C(=O)ON=C(C)N)CC[C@@]4(C)[C@]3(C)CC[C@H]2C(C)(C)C1=O.[C-]#[N+]C1=C[C@]2(C)C3=CC(=O)[C@@H]4[C@@H]5CC(C)(C)CC[C@]5(c5nc(C)no5)CC[C@@]4(C)[C@]3(C)CC[C@H]2C(C)(C)C1=O. The Hall–Kier alpha value is -7.03. The maximum absolute atomic E-state index is 14.6. The first kappa shape index (κ1) is 85.4. The average molecular weight is 1610 g/mol. The molecule has 16 rings (SSSR count). The third-order valence-electron chi connectivity index (χ3n) is 37.5. The van der Waals surface area contributed by atoms with Crippen LogP contribution in [-0.2, 0) is 48.6 Å². The summed E-state index contributed by atoms with van der Waals surface area (Å²) in [6.07, 6.45) is 29.3. The molecule has 9 fully saturated rings. The summed E-state index contributed by atoms with van der Waals surface area (Å²) < 4.78 is 11.6. The maximum atomic E-state index is 14.6. The first-order valence-corrected chi connectivity index (χ1v) is 43.6. The van der Waals surface area contributed by atoms with Crippen LogP contribution < -0.4 is 5.73 Å². The van der Waals surface area contributed by atoms with E-state index in [1.165, 1.54) is 7.40 Å². The van der Waals surface area contributed by atoms with Crippen LogP contribution in [0.2, 0.25) is 0 Å². The number of nitrogens with zero attached hydrogens (tertiary/aromatic N) is 6. The molecule has 9 saturated carbocycles. The number of aryl methyl sites for hydroxylation is 1. The summed E-state index contributed by atoms with van der Waals surface area (Å²) in [4.78, 5) is 131. The van der Waals surface area contributed by atoms with Crippen molar-refractivity contribution in [2.24, 2.45) is 156 Å². The van der Waals surface area contributed by atoms with E-state index >= 15 is 0 Å². The van der Waals surface area contributed by atoms with E-state index in [0.29, 0.717) is 18.7 Å². The van der Waals surface area contributed by atoms with Gasteiger partial charge < -0.3 is 29.5 Å². The summed E-state index contributed by atoms with van der Waals surface area (Å²) in [6, 6.07) is 0. The molecule has 626 valence electrons. The number of allylic oxidation sites excluding steroid dienone is 12. The van der Waals surface area contributed by atoms with Crippen molar-refractivity contribution < 1.29 is 49.1 Å². The zero-order chi connectivity index (χ0) is 86.8. The van der Waals surface area contributed by atoms with Crippen LogP contribution in [0.5, 0.6) is 0 Å². The number of Topliss-reactive ketones (excluding diaryl/α,β-unsaturated/α-hetero) is 3. The summed E-state index contributed by atoms with van der Waals surface area (Å²) in [6.45, 7) is 72.6. The van der Waals surface area contributed by atoms with E-state index in [4.69, 9.17) is 52.8 Å². The van der Waals surface area contributed by atoms with Gasteiger partial charge in [0.2, 0.25) is 28.2 Å². The third-order valence-corrected chi connectivity index (χ3v) is 37.9. The van der Waals surface area contributed by atoms with Gasteiger partial charge in [0, 0.05) is 57.0 Å². The van der Waals surface area contributed by atoms with Gasteiger partial charge in [0.05, 0.1) is 30.5 Å². The Labute approximate surface area is 698 Å². The Morgan fingerprint density at radius 3 is 1.15 bits per heavy atom. The Balaban J connectivity index is 0.000000151. The van der Waals surface area contributed by atoms with E-state index < -0.39 is 43.3 Å². The summed E-state index contributed by atoms with van der Waals surface area (Å²) in [5.41, 5.74) is 2.84. The minimum atomic E-state index is -0.770. The minimum absolute atomic E-state index is 0.00438. The van der Waals surface area contributed by atoms with Crippen molar-refractivity contribution in [2.75, 3.05) is 0 Å². The van der Waals surface area contributed by atoms with E-state index in [1.807, 2.05) is 84.9 Å². The van der Waals surface area contributed by atoms with E-state index in [0.717, 1.165) is 145 Å². The van der Waals surface area contributed by atoms with Crippen molar-refractivity contribution in [3.63, 3.8) is 0 Å². The van der Waals surface area contributed by atoms with Gasteiger partial charge in [0.25, 0.3) is 0 Å². The summed E-state index contributed by atoms with van der Waals surface area (Å²) in [7, 11) is 1.25. The fraction of sp³-hybridized carbons (Fsp3) is 0.735. The molecular formula is C98H132ClN7O10. The fourth-order valence-electron chi connectivity index (χ4n) is 30.6. The summed E-state index contributed by atoms with van der Waals surface area (Å²) >= 11 is 6.37. The molecule has 15 aliphatic carbocycles. The van der Waals surface area contributed by atoms with Crippen LogP contribution in [0.3, 0.4) is 0 Å². The molecule has 0 amide bonds. The normalized spacial score (nSPS) is 44.4. The number of hydrogen-bond donors (Lipinski definition) is 1. The third kappa shape index (κ3) is 11.6. The Bertz CT molecular complexity index is 4860. The predicted octanol–water partition coefficient (Wildman–Crippen LogP) is 21.6. The number of hydrogen-bond acceptors (Lipinski definition) is 13. The second-order valence-corrected chi connectivity index (χ2v) is 46.0. The lowest BCUT2D eigenvalue weighted by molar-refractivity contribution is -0.193. The molecule has 2 N–H and O–H groups in total. The molecule has 0 bridgehead atoms. The first-order chi connectivity index (χ1) is 54.0. The summed E-state index contributed by atoms with van der Waals surface area (Å²) in [5, 5.41) is 7.74. The molecule has 1 aromatic heterocycles. The molecular weight excluding hydrogens is 1470 g/mol. The van der Waals surface area contributed by atoms with Gasteiger partial charge in [-0.05, 0) is 263 Å². The Morgan fingerprint density at radius 2 is 0.802 bits per heavy atom. The van der Waals surface area contributed by atoms with Crippen molar-refractivity contribution in [3.8, 4) is 0 Å². The molecule has 0 aliphatic heterocycles. The van der Waals surface area contributed by atoms with E-state index in [1.54, 1.807) is 6.92 Å². The number of rotatable bonds is 4. The Morgan fingerprint density at radius 1 is 0.491 bits per heavy atom. The zero-order valence-corrected chi connectivity index (χ0v) is 75.0. The number of carbonyl (C=O) groups is 8. The molecule has 0 spiro atoms. The highest BCUT2D eigenvalue weighted by atomic mass is 35.5. The fourth-order valence-corrected chi connectivity index (χ4v) is 30.9. The van der Waals surface area contributed by atoms with E-state index in [-0.39, 0.29) is 176 Å².